The highest BCUT2D eigenvalue weighted by Crippen LogP contribution is 2.57. The molecule has 1 saturated heterocycles. The average Bonchev–Trinajstić information content (AvgIpc) is 2.81. The van der Waals surface area contributed by atoms with Gasteiger partial charge in [-0.3, -0.25) is 0 Å². The summed E-state index contributed by atoms with van der Waals surface area (Å²) in [5.74, 6) is 0. The standard InChI is InChI=1S/C12H20O/c1-2-5-11(4-1)7-8-12(10-11)6-3-9-13-12/h1-10H2. The maximum Gasteiger partial charge on any atom is 0.0688 e. The van der Waals surface area contributed by atoms with Gasteiger partial charge < -0.3 is 4.74 Å². The summed E-state index contributed by atoms with van der Waals surface area (Å²) in [7, 11) is 0. The van der Waals surface area contributed by atoms with Crippen LogP contribution >= 0.6 is 0 Å². The van der Waals surface area contributed by atoms with Gasteiger partial charge in [0, 0.05) is 6.61 Å². The summed E-state index contributed by atoms with van der Waals surface area (Å²) >= 11 is 0. The molecule has 0 aromatic carbocycles. The van der Waals surface area contributed by atoms with E-state index < -0.39 is 0 Å². The molecule has 3 aliphatic rings. The minimum absolute atomic E-state index is 0.365. The third-order valence-corrected chi connectivity index (χ3v) is 4.66. The Morgan fingerprint density at radius 3 is 2.31 bits per heavy atom. The summed E-state index contributed by atoms with van der Waals surface area (Å²) in [6, 6.07) is 0. The van der Waals surface area contributed by atoms with Crippen molar-refractivity contribution < 1.29 is 4.74 Å². The highest BCUT2D eigenvalue weighted by Gasteiger charge is 2.50. The maximum absolute atomic E-state index is 5.99. The van der Waals surface area contributed by atoms with Crippen molar-refractivity contribution in [3.63, 3.8) is 0 Å². The first-order chi connectivity index (χ1) is 6.33. The second-order valence-corrected chi connectivity index (χ2v) is 5.52. The molecule has 74 valence electrons. The smallest absolute Gasteiger partial charge is 0.0688 e. The van der Waals surface area contributed by atoms with Gasteiger partial charge in [0.1, 0.15) is 0 Å². The number of hydrogen-bond acceptors (Lipinski definition) is 1. The van der Waals surface area contributed by atoms with E-state index in [0.29, 0.717) is 5.60 Å². The molecule has 2 aliphatic carbocycles. The first-order valence-electron chi connectivity index (χ1n) is 5.97. The molecule has 1 nitrogen and oxygen atoms in total. The van der Waals surface area contributed by atoms with Crippen LogP contribution in [0.1, 0.15) is 57.8 Å². The Kier molecular flexibility index (Phi) is 1.74. The van der Waals surface area contributed by atoms with E-state index in [1.807, 2.05) is 0 Å². The Labute approximate surface area is 80.8 Å². The van der Waals surface area contributed by atoms with E-state index in [-0.39, 0.29) is 0 Å². The average molecular weight is 180 g/mol. The summed E-state index contributed by atoms with van der Waals surface area (Å²) in [5, 5.41) is 0. The Bertz CT molecular complexity index is 175. The molecule has 1 heteroatoms. The summed E-state index contributed by atoms with van der Waals surface area (Å²) in [5.41, 5.74) is 1.11. The molecular formula is C12H20O. The third kappa shape index (κ3) is 1.24. The zero-order valence-corrected chi connectivity index (χ0v) is 8.48. The van der Waals surface area contributed by atoms with Crippen LogP contribution < -0.4 is 0 Å². The molecule has 0 bridgehead atoms. The predicted molar refractivity (Wildman–Crippen MR) is 52.7 cm³/mol. The van der Waals surface area contributed by atoms with Gasteiger partial charge in [0.05, 0.1) is 5.60 Å². The van der Waals surface area contributed by atoms with Gasteiger partial charge in [-0.05, 0) is 50.4 Å². The summed E-state index contributed by atoms with van der Waals surface area (Å²) in [6.45, 7) is 1.04. The van der Waals surface area contributed by atoms with Crippen LogP contribution in [0.3, 0.4) is 0 Å². The highest BCUT2D eigenvalue weighted by atomic mass is 16.5. The van der Waals surface area contributed by atoms with Crippen LogP contribution in [0.4, 0.5) is 0 Å². The zero-order valence-electron chi connectivity index (χ0n) is 8.48. The van der Waals surface area contributed by atoms with Gasteiger partial charge in [-0.25, -0.2) is 0 Å². The van der Waals surface area contributed by atoms with Crippen LogP contribution in [0, 0.1) is 5.41 Å². The summed E-state index contributed by atoms with van der Waals surface area (Å²) < 4.78 is 5.99. The fraction of sp³-hybridized carbons (Fsp3) is 1.00. The molecule has 1 aliphatic heterocycles. The van der Waals surface area contributed by atoms with Gasteiger partial charge in [-0.15, -0.1) is 0 Å². The largest absolute Gasteiger partial charge is 0.375 e. The molecule has 1 heterocycles. The summed E-state index contributed by atoms with van der Waals surface area (Å²) in [6.07, 6.45) is 12.9. The molecule has 1 atom stereocenters. The van der Waals surface area contributed by atoms with Crippen molar-refractivity contribution in [2.45, 2.75) is 63.4 Å². The molecule has 2 saturated carbocycles. The number of ether oxygens (including phenoxy) is 1. The van der Waals surface area contributed by atoms with Crippen LogP contribution in [0.5, 0.6) is 0 Å². The van der Waals surface area contributed by atoms with Crippen LogP contribution in [0.15, 0.2) is 0 Å². The van der Waals surface area contributed by atoms with E-state index in [0.717, 1.165) is 12.0 Å². The Morgan fingerprint density at radius 2 is 1.62 bits per heavy atom. The number of rotatable bonds is 0. The van der Waals surface area contributed by atoms with Crippen LogP contribution in [-0.2, 0) is 4.74 Å². The van der Waals surface area contributed by atoms with Crippen molar-refractivity contribution in [3.8, 4) is 0 Å². The van der Waals surface area contributed by atoms with Gasteiger partial charge in [-0.2, -0.15) is 0 Å². The Balaban J connectivity index is 1.76. The van der Waals surface area contributed by atoms with Gasteiger partial charge in [0.25, 0.3) is 0 Å². The SMILES string of the molecule is C1CCC2(C1)CCC1(CCCO1)C2. The second-order valence-electron chi connectivity index (χ2n) is 5.52. The van der Waals surface area contributed by atoms with E-state index in [9.17, 15) is 0 Å². The minimum Gasteiger partial charge on any atom is -0.375 e. The van der Waals surface area contributed by atoms with E-state index in [4.69, 9.17) is 4.74 Å². The van der Waals surface area contributed by atoms with Crippen molar-refractivity contribution >= 4 is 0 Å². The van der Waals surface area contributed by atoms with Crippen molar-refractivity contribution in [1.29, 1.82) is 0 Å². The molecule has 1 unspecified atom stereocenters. The predicted octanol–water partition coefficient (Wildman–Crippen LogP) is 3.28. The molecule has 13 heavy (non-hydrogen) atoms. The van der Waals surface area contributed by atoms with Crippen LogP contribution in [0.2, 0.25) is 0 Å². The van der Waals surface area contributed by atoms with Gasteiger partial charge in [0.2, 0.25) is 0 Å². The lowest BCUT2D eigenvalue weighted by Crippen LogP contribution is -2.25. The number of hydrogen-bond donors (Lipinski definition) is 0. The maximum atomic E-state index is 5.99. The van der Waals surface area contributed by atoms with Crippen molar-refractivity contribution in [2.24, 2.45) is 5.41 Å². The lowest BCUT2D eigenvalue weighted by molar-refractivity contribution is 0.000481. The normalized spacial score (nSPS) is 42.5. The molecule has 3 fully saturated rings. The van der Waals surface area contributed by atoms with Gasteiger partial charge in [0.15, 0.2) is 0 Å². The third-order valence-electron chi connectivity index (χ3n) is 4.66. The molecule has 0 amide bonds. The molecule has 0 radical (unpaired) electrons. The highest BCUT2D eigenvalue weighted by molar-refractivity contribution is 5.02. The monoisotopic (exact) mass is 180 g/mol. The molecule has 0 aromatic rings. The van der Waals surface area contributed by atoms with Gasteiger partial charge >= 0.3 is 0 Å². The van der Waals surface area contributed by atoms with E-state index in [1.165, 1.54) is 57.8 Å². The van der Waals surface area contributed by atoms with Crippen molar-refractivity contribution in [2.75, 3.05) is 6.61 Å². The Morgan fingerprint density at radius 1 is 0.769 bits per heavy atom. The molecular weight excluding hydrogens is 160 g/mol. The fourth-order valence-corrected chi connectivity index (χ4v) is 4.00. The minimum atomic E-state index is 0.365. The Hall–Kier alpha value is -0.0400. The molecule has 0 N–H and O–H groups in total. The lowest BCUT2D eigenvalue weighted by Gasteiger charge is -2.27. The van der Waals surface area contributed by atoms with E-state index in [1.54, 1.807) is 0 Å². The first-order valence-corrected chi connectivity index (χ1v) is 5.97. The lowest BCUT2D eigenvalue weighted by atomic mass is 9.82. The summed E-state index contributed by atoms with van der Waals surface area (Å²) in [4.78, 5) is 0. The van der Waals surface area contributed by atoms with Gasteiger partial charge in [-0.1, -0.05) is 12.8 Å². The first kappa shape index (κ1) is 8.28. The van der Waals surface area contributed by atoms with Crippen LogP contribution in [0.25, 0.3) is 0 Å². The van der Waals surface area contributed by atoms with E-state index >= 15 is 0 Å². The molecule has 2 spiro atoms. The molecule has 0 aromatic heterocycles. The van der Waals surface area contributed by atoms with E-state index in [2.05, 4.69) is 0 Å². The molecule has 3 rings (SSSR count). The van der Waals surface area contributed by atoms with Crippen LogP contribution in [-0.4, -0.2) is 12.2 Å². The topological polar surface area (TPSA) is 9.23 Å². The van der Waals surface area contributed by atoms with Crippen molar-refractivity contribution in [3.05, 3.63) is 0 Å². The quantitative estimate of drug-likeness (QED) is 0.556. The second kappa shape index (κ2) is 2.73. The zero-order chi connectivity index (χ0) is 8.78. The van der Waals surface area contributed by atoms with Crippen molar-refractivity contribution in [1.82, 2.24) is 0 Å². The fourth-order valence-electron chi connectivity index (χ4n) is 4.00.